The van der Waals surface area contributed by atoms with Gasteiger partial charge in [-0.15, -0.1) is 0 Å². The Morgan fingerprint density at radius 2 is 0.628 bits per heavy atom. The topological polar surface area (TPSA) is 26.3 Å². The summed E-state index contributed by atoms with van der Waals surface area (Å²) in [7, 11) is -5.23. The Labute approximate surface area is 269 Å². The zero-order valence-corrected chi connectivity index (χ0v) is 27.6. The normalized spacial score (nSPS) is 11.3. The summed E-state index contributed by atoms with van der Waals surface area (Å²) in [6, 6.07) is 62.2. The van der Waals surface area contributed by atoms with Crippen LogP contribution in [0.2, 0.25) is 0 Å². The van der Waals surface area contributed by atoms with Gasteiger partial charge in [-0.05, 0) is 72.8 Å². The molecule has 0 aliphatic heterocycles. The SMILES string of the molecule is O=C(C[P+](c1ccccc1)(c1ccccc1)c1ccccc1)O[P+](c1ccccc1)(c1ccccc1)c1ccccc1.[Pt]. The fraction of sp³-hybridized carbons (Fsp3) is 0.0263. The van der Waals surface area contributed by atoms with E-state index in [1.807, 2.05) is 72.8 Å². The molecule has 0 fully saturated rings. The van der Waals surface area contributed by atoms with Crippen molar-refractivity contribution in [1.29, 1.82) is 0 Å². The molecular formula is C38H32O2P2Pt+2. The Morgan fingerprint density at radius 3 is 0.884 bits per heavy atom. The van der Waals surface area contributed by atoms with Crippen LogP contribution in [0.1, 0.15) is 0 Å². The standard InChI is InChI=1S/C38H32O2P2.Pt/c39-38(31-41(32-19-7-1-8-20-32,33-21-9-2-10-22-33)34-23-11-3-12-24-34)40-42(35-25-13-4-14-26-35,36-27-15-5-16-28-36)37-29-17-6-18-30-37;/h1-30H,31H2;/q+2;. The van der Waals surface area contributed by atoms with E-state index in [2.05, 4.69) is 109 Å². The van der Waals surface area contributed by atoms with Gasteiger partial charge in [0.2, 0.25) is 0 Å². The summed E-state index contributed by atoms with van der Waals surface area (Å²) in [5.74, 6) is -0.204. The van der Waals surface area contributed by atoms with Crippen LogP contribution in [0, 0.1) is 0 Å². The van der Waals surface area contributed by atoms with Crippen LogP contribution >= 0.6 is 14.8 Å². The van der Waals surface area contributed by atoms with Crippen molar-refractivity contribution in [3.8, 4) is 0 Å². The van der Waals surface area contributed by atoms with E-state index in [-0.39, 0.29) is 33.2 Å². The van der Waals surface area contributed by atoms with Crippen molar-refractivity contribution in [3.63, 3.8) is 0 Å². The molecule has 0 N–H and O–H groups in total. The van der Waals surface area contributed by atoms with Gasteiger partial charge < -0.3 is 0 Å². The Bertz CT molecular complexity index is 1390. The van der Waals surface area contributed by atoms with E-state index in [1.165, 1.54) is 0 Å². The third kappa shape index (κ3) is 6.20. The number of carbonyl (C=O) groups excluding carboxylic acids is 1. The number of rotatable bonds is 9. The molecule has 0 aliphatic rings. The van der Waals surface area contributed by atoms with E-state index in [0.717, 1.165) is 31.8 Å². The Balaban J connectivity index is 0.00000368. The van der Waals surface area contributed by atoms with Gasteiger partial charge in [-0.2, -0.15) is 0 Å². The van der Waals surface area contributed by atoms with Crippen molar-refractivity contribution in [1.82, 2.24) is 0 Å². The fourth-order valence-corrected chi connectivity index (χ4v) is 13.1. The molecule has 0 heterocycles. The fourth-order valence-electron chi connectivity index (χ4n) is 5.66. The molecule has 0 atom stereocenters. The van der Waals surface area contributed by atoms with E-state index >= 15 is 0 Å². The summed E-state index contributed by atoms with van der Waals surface area (Å²) < 4.78 is 7.02. The van der Waals surface area contributed by atoms with Crippen molar-refractivity contribution < 1.29 is 30.4 Å². The third-order valence-electron chi connectivity index (χ3n) is 7.56. The van der Waals surface area contributed by atoms with E-state index in [1.54, 1.807) is 0 Å². The van der Waals surface area contributed by atoms with Gasteiger partial charge in [0.1, 0.15) is 39.1 Å². The van der Waals surface area contributed by atoms with Crippen LogP contribution in [0.5, 0.6) is 0 Å². The molecule has 6 aromatic carbocycles. The van der Waals surface area contributed by atoms with Gasteiger partial charge >= 0.3 is 5.97 Å². The number of hydrogen-bond donors (Lipinski definition) is 0. The largest absolute Gasteiger partial charge is 0.389 e. The van der Waals surface area contributed by atoms with Crippen molar-refractivity contribution in [2.75, 3.05) is 6.16 Å². The first kappa shape index (κ1) is 30.8. The molecule has 0 radical (unpaired) electrons. The van der Waals surface area contributed by atoms with Gasteiger partial charge in [0.25, 0.3) is 7.49 Å². The molecule has 6 rings (SSSR count). The minimum absolute atomic E-state index is 0. The monoisotopic (exact) mass is 777 g/mol. The van der Waals surface area contributed by atoms with Crippen molar-refractivity contribution in [3.05, 3.63) is 182 Å². The van der Waals surface area contributed by atoms with Crippen LogP contribution < -0.4 is 31.8 Å². The Hall–Kier alpha value is -3.66. The molecule has 43 heavy (non-hydrogen) atoms. The van der Waals surface area contributed by atoms with Crippen molar-refractivity contribution >= 4 is 52.5 Å². The average molecular weight is 778 g/mol. The molecule has 0 unspecified atom stereocenters. The van der Waals surface area contributed by atoms with Crippen LogP contribution in [0.4, 0.5) is 0 Å². The zero-order chi connectivity index (χ0) is 28.7. The Kier molecular flexibility index (Phi) is 10.2. The van der Waals surface area contributed by atoms with E-state index in [4.69, 9.17) is 4.52 Å². The first-order valence-electron chi connectivity index (χ1n) is 14.1. The quantitative estimate of drug-likeness (QED) is 0.159. The van der Waals surface area contributed by atoms with Crippen LogP contribution in [0.15, 0.2) is 182 Å². The zero-order valence-electron chi connectivity index (χ0n) is 23.6. The van der Waals surface area contributed by atoms with Crippen molar-refractivity contribution in [2.24, 2.45) is 0 Å². The van der Waals surface area contributed by atoms with Crippen molar-refractivity contribution in [2.45, 2.75) is 0 Å². The first-order chi connectivity index (χ1) is 20.7. The van der Waals surface area contributed by atoms with Gasteiger partial charge in [-0.3, -0.25) is 4.52 Å². The summed E-state index contributed by atoms with van der Waals surface area (Å²) in [6.07, 6.45) is 0.249. The molecule has 0 bridgehead atoms. The average Bonchev–Trinajstić information content (AvgIpc) is 3.08. The van der Waals surface area contributed by atoms with Crippen LogP contribution in [-0.2, 0) is 30.4 Å². The molecule has 5 heteroatoms. The smallest absolute Gasteiger partial charge is 0.293 e. The molecule has 214 valence electrons. The molecule has 0 amide bonds. The predicted molar refractivity (Wildman–Crippen MR) is 181 cm³/mol. The number of carbonyl (C=O) groups is 1. The summed E-state index contributed by atoms with van der Waals surface area (Å²) in [4.78, 5) is 14.7. The van der Waals surface area contributed by atoms with E-state index in [0.29, 0.717) is 0 Å². The van der Waals surface area contributed by atoms with Gasteiger partial charge in [-0.1, -0.05) is 109 Å². The number of hydrogen-bond acceptors (Lipinski definition) is 2. The second-order valence-corrected chi connectivity index (χ2v) is 16.5. The molecule has 2 nitrogen and oxygen atoms in total. The van der Waals surface area contributed by atoms with Gasteiger partial charge in [-0.25, -0.2) is 4.79 Å². The summed E-state index contributed by atoms with van der Waals surface area (Å²) in [5, 5.41) is 6.50. The van der Waals surface area contributed by atoms with E-state index < -0.39 is 14.8 Å². The van der Waals surface area contributed by atoms with Crippen LogP contribution in [0.3, 0.4) is 0 Å². The number of benzene rings is 6. The third-order valence-corrected chi connectivity index (χ3v) is 15.4. The molecule has 0 spiro atoms. The van der Waals surface area contributed by atoms with Gasteiger partial charge in [0.05, 0.1) is 0 Å². The minimum atomic E-state index is -2.80. The summed E-state index contributed by atoms with van der Waals surface area (Å²) in [6.45, 7) is 0. The summed E-state index contributed by atoms with van der Waals surface area (Å²) in [5.41, 5.74) is 0. The maximum atomic E-state index is 14.7. The first-order valence-corrected chi connectivity index (χ1v) is 17.7. The van der Waals surface area contributed by atoms with Crippen LogP contribution in [0.25, 0.3) is 0 Å². The van der Waals surface area contributed by atoms with E-state index in [9.17, 15) is 4.79 Å². The molecule has 0 aliphatic carbocycles. The maximum Gasteiger partial charge on any atom is 0.389 e. The Morgan fingerprint density at radius 1 is 0.395 bits per heavy atom. The van der Waals surface area contributed by atoms with Crippen LogP contribution in [-0.4, -0.2) is 12.1 Å². The predicted octanol–water partition coefficient (Wildman–Crippen LogP) is 6.43. The minimum Gasteiger partial charge on any atom is -0.293 e. The second kappa shape index (κ2) is 14.2. The second-order valence-electron chi connectivity index (χ2n) is 10.1. The molecule has 0 saturated heterocycles. The molecule has 6 aromatic rings. The molecule has 0 aromatic heterocycles. The van der Waals surface area contributed by atoms with Gasteiger partial charge in [0.15, 0.2) is 6.16 Å². The molecule has 0 saturated carbocycles. The molecular weight excluding hydrogens is 745 g/mol. The maximum absolute atomic E-state index is 14.7. The van der Waals surface area contributed by atoms with Gasteiger partial charge in [0, 0.05) is 21.1 Å². The summed E-state index contributed by atoms with van der Waals surface area (Å²) >= 11 is 0.